The third-order valence-corrected chi connectivity index (χ3v) is 7.34. The minimum atomic E-state index is -0.521. The van der Waals surface area contributed by atoms with E-state index in [1.54, 1.807) is 12.1 Å². The molecule has 2 aromatic heterocycles. The first-order valence-corrected chi connectivity index (χ1v) is 13.0. The van der Waals surface area contributed by atoms with Crippen LogP contribution in [-0.2, 0) is 16.1 Å². The van der Waals surface area contributed by atoms with Gasteiger partial charge in [0, 0.05) is 28.1 Å². The number of aryl methyl sites for hydroxylation is 1. The van der Waals surface area contributed by atoms with Gasteiger partial charge in [-0.2, -0.15) is 0 Å². The molecule has 0 aliphatic rings. The van der Waals surface area contributed by atoms with Crippen LogP contribution >= 0.6 is 34.7 Å². The summed E-state index contributed by atoms with van der Waals surface area (Å²) in [6, 6.07) is 15.2. The normalized spacial score (nSPS) is 10.9. The molecule has 0 aliphatic heterocycles. The zero-order valence-corrected chi connectivity index (χ0v) is 21.8. The van der Waals surface area contributed by atoms with E-state index in [2.05, 4.69) is 21.6 Å². The molecule has 0 bridgehead atoms. The van der Waals surface area contributed by atoms with E-state index in [1.165, 1.54) is 30.2 Å². The lowest BCUT2D eigenvalue weighted by Crippen LogP contribution is -2.16. The summed E-state index contributed by atoms with van der Waals surface area (Å²) in [5, 5.41) is 15.0. The average molecular weight is 527 g/mol. The van der Waals surface area contributed by atoms with Gasteiger partial charge in [0.1, 0.15) is 10.6 Å². The van der Waals surface area contributed by atoms with Gasteiger partial charge in [0.15, 0.2) is 11.0 Å². The Morgan fingerprint density at radius 1 is 1.14 bits per heavy atom. The lowest BCUT2D eigenvalue weighted by Gasteiger charge is -2.09. The molecule has 0 saturated carbocycles. The van der Waals surface area contributed by atoms with Gasteiger partial charge in [-0.15, -0.1) is 21.5 Å². The lowest BCUT2D eigenvalue weighted by molar-refractivity contribution is -0.113. The molecule has 0 radical (unpaired) electrons. The van der Waals surface area contributed by atoms with Crippen molar-refractivity contribution in [1.82, 2.24) is 14.8 Å². The largest absolute Gasteiger partial charge is 0.465 e. The van der Waals surface area contributed by atoms with Gasteiger partial charge in [-0.25, -0.2) is 4.79 Å². The van der Waals surface area contributed by atoms with E-state index < -0.39 is 5.97 Å². The second-order valence-electron chi connectivity index (χ2n) is 7.61. The van der Waals surface area contributed by atoms with Crippen LogP contribution in [0.1, 0.15) is 22.8 Å². The van der Waals surface area contributed by atoms with E-state index in [0.29, 0.717) is 32.9 Å². The number of carbonyl (C=O) groups excluding carboxylic acids is 2. The molecule has 7 nitrogen and oxygen atoms in total. The number of benzene rings is 2. The molecule has 0 aliphatic carbocycles. The van der Waals surface area contributed by atoms with Crippen molar-refractivity contribution in [2.75, 3.05) is 18.2 Å². The monoisotopic (exact) mass is 526 g/mol. The Hall–Kier alpha value is -3.14. The number of anilines is 1. The highest BCUT2D eigenvalue weighted by Gasteiger charge is 2.23. The second kappa shape index (κ2) is 11.1. The summed E-state index contributed by atoms with van der Waals surface area (Å²) in [5.74, 6) is 0.0961. The van der Waals surface area contributed by atoms with Crippen molar-refractivity contribution in [3.63, 3.8) is 0 Å². The predicted octanol–water partition coefficient (Wildman–Crippen LogP) is 6.17. The summed E-state index contributed by atoms with van der Waals surface area (Å²) < 4.78 is 6.96. The van der Waals surface area contributed by atoms with Gasteiger partial charge >= 0.3 is 5.97 Å². The van der Waals surface area contributed by atoms with E-state index in [0.717, 1.165) is 22.5 Å². The standard InChI is InChI=1S/C25H23ClN4O3S2/c1-4-30-22(17-7-5-6-15(2)12-17)28-29-25(30)35-14-20(31)27-23-21(24(32)33-3)19(13-34-23)16-8-10-18(26)11-9-16/h5-13H,4,14H2,1-3H3,(H,27,31). The second-order valence-corrected chi connectivity index (χ2v) is 9.87. The smallest absolute Gasteiger partial charge is 0.341 e. The number of ether oxygens (including phenoxy) is 1. The molecular weight excluding hydrogens is 504 g/mol. The number of rotatable bonds is 8. The zero-order valence-electron chi connectivity index (χ0n) is 19.4. The van der Waals surface area contributed by atoms with Crippen LogP contribution in [0.3, 0.4) is 0 Å². The maximum Gasteiger partial charge on any atom is 0.341 e. The first-order valence-electron chi connectivity index (χ1n) is 10.8. The lowest BCUT2D eigenvalue weighted by atomic mass is 10.0. The van der Waals surface area contributed by atoms with Gasteiger partial charge in [0.2, 0.25) is 5.91 Å². The maximum atomic E-state index is 12.8. The quantitative estimate of drug-likeness (QED) is 0.218. The third kappa shape index (κ3) is 5.58. The Morgan fingerprint density at radius 3 is 2.60 bits per heavy atom. The van der Waals surface area contributed by atoms with Gasteiger partial charge in [-0.05, 0) is 37.6 Å². The van der Waals surface area contributed by atoms with Crippen LogP contribution in [0.2, 0.25) is 5.02 Å². The van der Waals surface area contributed by atoms with Crippen molar-refractivity contribution in [3.8, 4) is 22.5 Å². The highest BCUT2D eigenvalue weighted by atomic mass is 35.5. The van der Waals surface area contributed by atoms with Gasteiger partial charge < -0.3 is 14.6 Å². The molecule has 0 fully saturated rings. The molecule has 1 N–H and O–H groups in total. The summed E-state index contributed by atoms with van der Waals surface area (Å²) >= 11 is 8.56. The Morgan fingerprint density at radius 2 is 1.91 bits per heavy atom. The van der Waals surface area contributed by atoms with Crippen molar-refractivity contribution in [2.24, 2.45) is 0 Å². The Kier molecular flexibility index (Phi) is 7.90. The van der Waals surface area contributed by atoms with Crippen molar-refractivity contribution >= 4 is 51.6 Å². The number of thioether (sulfide) groups is 1. The Balaban J connectivity index is 1.51. The third-order valence-electron chi connectivity index (χ3n) is 5.23. The fourth-order valence-corrected chi connectivity index (χ4v) is 5.47. The summed E-state index contributed by atoms with van der Waals surface area (Å²) in [4.78, 5) is 25.4. The van der Waals surface area contributed by atoms with Crippen LogP contribution in [0, 0.1) is 6.92 Å². The minimum absolute atomic E-state index is 0.112. The molecule has 2 aromatic carbocycles. The number of halogens is 1. The van der Waals surface area contributed by atoms with Crippen LogP contribution in [-0.4, -0.2) is 39.5 Å². The fraction of sp³-hybridized carbons (Fsp3) is 0.200. The van der Waals surface area contributed by atoms with Gasteiger partial charge in [0.25, 0.3) is 0 Å². The van der Waals surface area contributed by atoms with E-state index >= 15 is 0 Å². The van der Waals surface area contributed by atoms with E-state index in [-0.39, 0.29) is 11.7 Å². The van der Waals surface area contributed by atoms with Crippen molar-refractivity contribution in [2.45, 2.75) is 25.5 Å². The SMILES string of the molecule is CCn1c(SCC(=O)Nc2scc(-c3ccc(Cl)cc3)c2C(=O)OC)nnc1-c1cccc(C)c1. The number of aromatic nitrogens is 3. The van der Waals surface area contributed by atoms with Crippen LogP contribution in [0.25, 0.3) is 22.5 Å². The number of methoxy groups -OCH3 is 1. The van der Waals surface area contributed by atoms with E-state index in [1.807, 2.05) is 54.1 Å². The van der Waals surface area contributed by atoms with Gasteiger partial charge in [0.05, 0.1) is 12.9 Å². The number of nitrogens with zero attached hydrogens (tertiary/aromatic N) is 3. The summed E-state index contributed by atoms with van der Waals surface area (Å²) in [5.41, 5.74) is 3.91. The van der Waals surface area contributed by atoms with Crippen LogP contribution < -0.4 is 5.32 Å². The predicted molar refractivity (Wildman–Crippen MR) is 141 cm³/mol. The molecule has 2 heterocycles. The fourth-order valence-electron chi connectivity index (χ4n) is 3.57. The molecule has 1 amide bonds. The summed E-state index contributed by atoms with van der Waals surface area (Å²) in [7, 11) is 1.32. The zero-order chi connectivity index (χ0) is 24.9. The average Bonchev–Trinajstić information content (AvgIpc) is 3.46. The molecule has 35 heavy (non-hydrogen) atoms. The molecule has 180 valence electrons. The van der Waals surface area contributed by atoms with Crippen molar-refractivity contribution in [3.05, 3.63) is 70.1 Å². The minimum Gasteiger partial charge on any atom is -0.465 e. The summed E-state index contributed by atoms with van der Waals surface area (Å²) in [6.07, 6.45) is 0. The number of carbonyl (C=O) groups is 2. The maximum absolute atomic E-state index is 12.8. The molecule has 10 heteroatoms. The molecule has 0 atom stereocenters. The van der Waals surface area contributed by atoms with Crippen LogP contribution in [0.15, 0.2) is 59.1 Å². The highest BCUT2D eigenvalue weighted by Crippen LogP contribution is 2.37. The first-order chi connectivity index (χ1) is 16.9. The van der Waals surface area contributed by atoms with Crippen molar-refractivity contribution in [1.29, 1.82) is 0 Å². The molecule has 0 unspecified atom stereocenters. The topological polar surface area (TPSA) is 86.1 Å². The molecular formula is C25H23ClN4O3S2. The number of hydrogen-bond acceptors (Lipinski definition) is 7. The molecule has 4 rings (SSSR count). The van der Waals surface area contributed by atoms with E-state index in [4.69, 9.17) is 16.3 Å². The molecule has 0 spiro atoms. The Bertz CT molecular complexity index is 1370. The number of nitrogens with one attached hydrogen (secondary N) is 1. The highest BCUT2D eigenvalue weighted by molar-refractivity contribution is 7.99. The van der Waals surface area contributed by atoms with E-state index in [9.17, 15) is 9.59 Å². The van der Waals surface area contributed by atoms with Gasteiger partial charge in [-0.1, -0.05) is 59.3 Å². The number of amides is 1. The van der Waals surface area contributed by atoms with Gasteiger partial charge in [-0.3, -0.25) is 4.79 Å². The first kappa shape index (κ1) is 25.0. The Labute approximate surface area is 216 Å². The summed E-state index contributed by atoms with van der Waals surface area (Å²) in [6.45, 7) is 4.71. The van der Waals surface area contributed by atoms with Crippen LogP contribution in [0.5, 0.6) is 0 Å². The van der Waals surface area contributed by atoms with Crippen LogP contribution in [0.4, 0.5) is 5.00 Å². The number of thiophene rings is 1. The molecule has 0 saturated heterocycles. The number of hydrogen-bond donors (Lipinski definition) is 1. The van der Waals surface area contributed by atoms with Crippen molar-refractivity contribution < 1.29 is 14.3 Å². The molecule has 4 aromatic rings. The number of esters is 1.